The van der Waals surface area contributed by atoms with Crippen molar-refractivity contribution in [3.63, 3.8) is 0 Å². The highest BCUT2D eigenvalue weighted by Crippen LogP contribution is 2.23. The van der Waals surface area contributed by atoms with E-state index in [-0.39, 0.29) is 25.3 Å². The number of hydrogen-bond donors (Lipinski definition) is 1. The number of para-hydroxylation sites is 1. The maximum Gasteiger partial charge on any atom is 0.305 e. The number of aryl methyl sites for hydroxylation is 1. The predicted molar refractivity (Wildman–Crippen MR) is 76.4 cm³/mol. The molecule has 0 unspecified atom stereocenters. The van der Waals surface area contributed by atoms with Crippen molar-refractivity contribution in [3.8, 4) is 0 Å². The van der Waals surface area contributed by atoms with Gasteiger partial charge in [-0.05, 0) is 18.6 Å². The first-order valence-corrected chi connectivity index (χ1v) is 7.76. The molecule has 0 radical (unpaired) electrons. The maximum absolute atomic E-state index is 12.3. The fourth-order valence-electron chi connectivity index (χ4n) is 1.75. The third-order valence-corrected chi connectivity index (χ3v) is 4.53. The van der Waals surface area contributed by atoms with Crippen molar-refractivity contribution in [2.45, 2.75) is 13.3 Å². The number of ether oxygens (including phenoxy) is 1. The number of aliphatic carboxylic acids is 1. The topological polar surface area (TPSA) is 83.9 Å². The highest BCUT2D eigenvalue weighted by molar-refractivity contribution is 7.92. The number of carboxylic acids is 1. The van der Waals surface area contributed by atoms with Gasteiger partial charge in [-0.1, -0.05) is 18.2 Å². The first-order valence-electron chi connectivity index (χ1n) is 6.15. The standard InChI is InChI=1S/C13H19NO5S/c1-11-5-3-4-6-12(11)14(8-7-13(15)16)20(17,18)10-9-19-2/h3-6H,7-10H2,1-2H3,(H,15,16). The molecule has 0 aliphatic heterocycles. The third-order valence-electron chi connectivity index (χ3n) is 2.79. The van der Waals surface area contributed by atoms with Gasteiger partial charge in [-0.3, -0.25) is 9.10 Å². The molecular formula is C13H19NO5S. The lowest BCUT2D eigenvalue weighted by Gasteiger charge is -2.25. The molecule has 6 nitrogen and oxygen atoms in total. The normalized spacial score (nSPS) is 11.3. The van der Waals surface area contributed by atoms with Crippen LogP contribution in [-0.4, -0.2) is 45.5 Å². The predicted octanol–water partition coefficient (Wildman–Crippen LogP) is 1.25. The van der Waals surface area contributed by atoms with Gasteiger partial charge in [0.2, 0.25) is 10.0 Å². The van der Waals surface area contributed by atoms with Crippen molar-refractivity contribution < 1.29 is 23.1 Å². The smallest absolute Gasteiger partial charge is 0.305 e. The molecular weight excluding hydrogens is 282 g/mol. The summed E-state index contributed by atoms with van der Waals surface area (Å²) in [6.45, 7) is 1.76. The second kappa shape index (κ2) is 7.25. The Morgan fingerprint density at radius 3 is 2.55 bits per heavy atom. The largest absolute Gasteiger partial charge is 0.481 e. The molecule has 0 atom stereocenters. The first-order chi connectivity index (χ1) is 9.38. The average molecular weight is 301 g/mol. The average Bonchev–Trinajstić information content (AvgIpc) is 2.38. The van der Waals surface area contributed by atoms with E-state index in [9.17, 15) is 13.2 Å². The summed E-state index contributed by atoms with van der Waals surface area (Å²) in [4.78, 5) is 10.7. The molecule has 0 heterocycles. The van der Waals surface area contributed by atoms with E-state index in [0.29, 0.717) is 5.69 Å². The van der Waals surface area contributed by atoms with Crippen molar-refractivity contribution in [3.05, 3.63) is 29.8 Å². The zero-order valence-electron chi connectivity index (χ0n) is 11.6. The molecule has 1 rings (SSSR count). The van der Waals surface area contributed by atoms with Crippen LogP contribution in [0.5, 0.6) is 0 Å². The molecule has 0 saturated carbocycles. The molecule has 0 spiro atoms. The summed E-state index contributed by atoms with van der Waals surface area (Å²) in [7, 11) is -2.19. The van der Waals surface area contributed by atoms with Crippen molar-refractivity contribution in [2.24, 2.45) is 0 Å². The molecule has 112 valence electrons. The minimum Gasteiger partial charge on any atom is -0.481 e. The van der Waals surface area contributed by atoms with E-state index >= 15 is 0 Å². The molecule has 0 aliphatic carbocycles. The van der Waals surface area contributed by atoms with Gasteiger partial charge in [-0.2, -0.15) is 0 Å². The number of rotatable bonds is 8. The first kappa shape index (κ1) is 16.5. The molecule has 20 heavy (non-hydrogen) atoms. The molecule has 0 fully saturated rings. The Bertz CT molecular complexity index is 556. The lowest BCUT2D eigenvalue weighted by Crippen LogP contribution is -2.36. The van der Waals surface area contributed by atoms with Crippen LogP contribution in [0.2, 0.25) is 0 Å². The molecule has 0 aliphatic rings. The summed E-state index contributed by atoms with van der Waals surface area (Å²) in [5.41, 5.74) is 1.28. The molecule has 0 saturated heterocycles. The van der Waals surface area contributed by atoms with Crippen LogP contribution < -0.4 is 4.31 Å². The van der Waals surface area contributed by atoms with Crippen LogP contribution in [0.1, 0.15) is 12.0 Å². The number of benzene rings is 1. The summed E-state index contributed by atoms with van der Waals surface area (Å²) in [5, 5.41) is 8.77. The van der Waals surface area contributed by atoms with Crippen LogP contribution in [0, 0.1) is 6.92 Å². The summed E-state index contributed by atoms with van der Waals surface area (Å²) in [5.74, 6) is -1.22. The van der Waals surface area contributed by atoms with Crippen LogP contribution in [0.4, 0.5) is 5.69 Å². The number of hydrogen-bond acceptors (Lipinski definition) is 4. The Hall–Kier alpha value is -1.60. The molecule has 1 aromatic rings. The molecule has 0 amide bonds. The maximum atomic E-state index is 12.3. The number of carboxylic acid groups (broad SMARTS) is 1. The fourth-order valence-corrected chi connectivity index (χ4v) is 3.22. The fraction of sp³-hybridized carbons (Fsp3) is 0.462. The van der Waals surface area contributed by atoms with Crippen LogP contribution in [0.25, 0.3) is 0 Å². The Morgan fingerprint density at radius 1 is 1.35 bits per heavy atom. The van der Waals surface area contributed by atoms with E-state index < -0.39 is 16.0 Å². The van der Waals surface area contributed by atoms with Gasteiger partial charge in [0.25, 0.3) is 0 Å². The third kappa shape index (κ3) is 4.50. The van der Waals surface area contributed by atoms with Crippen LogP contribution >= 0.6 is 0 Å². The van der Waals surface area contributed by atoms with Crippen molar-refractivity contribution >= 4 is 21.7 Å². The zero-order valence-corrected chi connectivity index (χ0v) is 12.4. The van der Waals surface area contributed by atoms with Crippen molar-refractivity contribution in [1.82, 2.24) is 0 Å². The minimum atomic E-state index is -3.61. The molecule has 1 aromatic carbocycles. The Kier molecular flexibility index (Phi) is 5.97. The van der Waals surface area contributed by atoms with Crippen molar-refractivity contribution in [2.75, 3.05) is 30.3 Å². The molecule has 7 heteroatoms. The van der Waals surface area contributed by atoms with Crippen LogP contribution in [0.15, 0.2) is 24.3 Å². The number of nitrogens with zero attached hydrogens (tertiary/aromatic N) is 1. The van der Waals surface area contributed by atoms with Gasteiger partial charge in [-0.25, -0.2) is 8.42 Å². The van der Waals surface area contributed by atoms with Crippen molar-refractivity contribution in [1.29, 1.82) is 0 Å². The summed E-state index contributed by atoms with van der Waals surface area (Å²) in [6.07, 6.45) is -0.249. The SMILES string of the molecule is COCCS(=O)(=O)N(CCC(=O)O)c1ccccc1C. The van der Waals surface area contributed by atoms with E-state index in [0.717, 1.165) is 9.87 Å². The highest BCUT2D eigenvalue weighted by atomic mass is 32.2. The van der Waals surface area contributed by atoms with Gasteiger partial charge in [-0.15, -0.1) is 0 Å². The Labute approximate surface area is 119 Å². The van der Waals surface area contributed by atoms with Gasteiger partial charge in [0.15, 0.2) is 0 Å². The van der Waals surface area contributed by atoms with Crippen LogP contribution in [-0.2, 0) is 19.6 Å². The van der Waals surface area contributed by atoms with Gasteiger partial charge in [0, 0.05) is 13.7 Å². The summed E-state index contributed by atoms with van der Waals surface area (Å²) < 4.78 is 30.6. The second-order valence-corrected chi connectivity index (χ2v) is 6.32. The molecule has 1 N–H and O–H groups in total. The summed E-state index contributed by atoms with van der Waals surface area (Å²) >= 11 is 0. The van der Waals surface area contributed by atoms with E-state index in [4.69, 9.17) is 9.84 Å². The van der Waals surface area contributed by atoms with Gasteiger partial charge < -0.3 is 9.84 Å². The van der Waals surface area contributed by atoms with Gasteiger partial charge in [0.1, 0.15) is 0 Å². The van der Waals surface area contributed by atoms with E-state index in [1.807, 2.05) is 0 Å². The van der Waals surface area contributed by atoms with Gasteiger partial charge >= 0.3 is 5.97 Å². The lowest BCUT2D eigenvalue weighted by molar-refractivity contribution is -0.136. The highest BCUT2D eigenvalue weighted by Gasteiger charge is 2.24. The number of anilines is 1. The molecule has 0 aromatic heterocycles. The van der Waals surface area contributed by atoms with E-state index in [1.165, 1.54) is 7.11 Å². The zero-order chi connectivity index (χ0) is 15.2. The number of methoxy groups -OCH3 is 1. The monoisotopic (exact) mass is 301 g/mol. The van der Waals surface area contributed by atoms with Crippen LogP contribution in [0.3, 0.4) is 0 Å². The quantitative estimate of drug-likeness (QED) is 0.781. The second-order valence-electron chi connectivity index (χ2n) is 4.31. The Balaban J connectivity index is 3.08. The Morgan fingerprint density at radius 2 is 2.00 bits per heavy atom. The lowest BCUT2D eigenvalue weighted by atomic mass is 10.2. The minimum absolute atomic E-state index is 0.0672. The summed E-state index contributed by atoms with van der Waals surface area (Å²) in [6, 6.07) is 6.98. The number of carbonyl (C=O) groups is 1. The molecule has 0 bridgehead atoms. The van der Waals surface area contributed by atoms with Gasteiger partial charge in [0.05, 0.1) is 24.5 Å². The van der Waals surface area contributed by atoms with E-state index in [2.05, 4.69) is 0 Å². The number of sulfonamides is 1. The van der Waals surface area contributed by atoms with E-state index in [1.54, 1.807) is 31.2 Å².